The summed E-state index contributed by atoms with van der Waals surface area (Å²) in [6.45, 7) is 2.08. The van der Waals surface area contributed by atoms with E-state index in [0.29, 0.717) is 5.84 Å². The zero-order chi connectivity index (χ0) is 10.6. The molecule has 0 radical (unpaired) electrons. The molecular weight excluding hydrogens is 308 g/mol. The lowest BCUT2D eigenvalue weighted by molar-refractivity contribution is 0.983. The van der Waals surface area contributed by atoms with Crippen molar-refractivity contribution in [3.63, 3.8) is 0 Å². The molecule has 0 amide bonds. The Morgan fingerprint density at radius 2 is 1.93 bits per heavy atom. The van der Waals surface area contributed by atoms with Gasteiger partial charge in [0.1, 0.15) is 0 Å². The molecule has 0 fully saturated rings. The molecule has 1 rings (SSSR count). The van der Waals surface area contributed by atoms with Crippen molar-refractivity contribution in [3.05, 3.63) is 27.1 Å². The average Bonchev–Trinajstić information content (AvgIpc) is 2.12. The third kappa shape index (κ3) is 3.10. The number of halogens is 2. The van der Waals surface area contributed by atoms with Gasteiger partial charge in [0.25, 0.3) is 0 Å². The summed E-state index contributed by atoms with van der Waals surface area (Å²) >= 11 is 6.87. The van der Waals surface area contributed by atoms with Gasteiger partial charge >= 0.3 is 0 Å². The van der Waals surface area contributed by atoms with E-state index in [1.165, 1.54) is 0 Å². The highest BCUT2D eigenvalue weighted by Gasteiger charge is 2.03. The van der Waals surface area contributed by atoms with Gasteiger partial charge in [-0.15, -0.1) is 0 Å². The summed E-state index contributed by atoms with van der Waals surface area (Å²) in [6.07, 6.45) is 1.84. The molecular formula is C10H12Br2N2. The van der Waals surface area contributed by atoms with Crippen LogP contribution in [0.2, 0.25) is 0 Å². The zero-order valence-electron chi connectivity index (χ0n) is 7.93. The number of aliphatic imine (C=N–C) groups is 1. The van der Waals surface area contributed by atoms with E-state index >= 15 is 0 Å². The first-order chi connectivity index (χ1) is 6.65. The fraction of sp³-hybridized carbons (Fsp3) is 0.300. The van der Waals surface area contributed by atoms with Crippen LogP contribution in [-0.2, 0) is 0 Å². The summed E-state index contributed by atoms with van der Waals surface area (Å²) in [5.74, 6) is 0.667. The number of nitrogens with zero attached hydrogens (tertiary/aromatic N) is 1. The number of benzene rings is 1. The number of para-hydroxylation sites is 1. The summed E-state index contributed by atoms with van der Waals surface area (Å²) < 4.78 is 1.90. The lowest BCUT2D eigenvalue weighted by Gasteiger charge is -2.03. The third-order valence-corrected chi connectivity index (χ3v) is 2.98. The maximum atomic E-state index is 5.76. The second-order valence-electron chi connectivity index (χ2n) is 2.92. The molecule has 1 aromatic carbocycles. The summed E-state index contributed by atoms with van der Waals surface area (Å²) in [6, 6.07) is 5.84. The predicted octanol–water partition coefficient (Wildman–Crippen LogP) is 4.00. The monoisotopic (exact) mass is 318 g/mol. The first-order valence-electron chi connectivity index (χ1n) is 4.42. The van der Waals surface area contributed by atoms with Crippen LogP contribution in [0.3, 0.4) is 0 Å². The standard InChI is InChI=1S/C10H12Br2N2/c1-2-4-9(13)14-10-7(11)5-3-6-8(10)12/h3,5-6H,2,4H2,1H3,(H2,13,14). The van der Waals surface area contributed by atoms with Gasteiger partial charge in [-0.3, -0.25) is 0 Å². The summed E-state index contributed by atoms with van der Waals surface area (Å²) in [5, 5.41) is 0. The van der Waals surface area contributed by atoms with Crippen molar-refractivity contribution in [2.24, 2.45) is 10.7 Å². The fourth-order valence-electron chi connectivity index (χ4n) is 1.05. The fourth-order valence-corrected chi connectivity index (χ4v) is 2.23. The van der Waals surface area contributed by atoms with E-state index in [2.05, 4.69) is 43.8 Å². The van der Waals surface area contributed by atoms with Crippen LogP contribution in [0.4, 0.5) is 5.69 Å². The highest BCUT2D eigenvalue weighted by atomic mass is 79.9. The Balaban J connectivity index is 3.01. The van der Waals surface area contributed by atoms with Crippen molar-refractivity contribution < 1.29 is 0 Å². The Morgan fingerprint density at radius 1 is 1.36 bits per heavy atom. The van der Waals surface area contributed by atoms with Gasteiger partial charge in [0, 0.05) is 15.4 Å². The van der Waals surface area contributed by atoms with Crippen molar-refractivity contribution in [1.82, 2.24) is 0 Å². The number of hydrogen-bond acceptors (Lipinski definition) is 1. The van der Waals surface area contributed by atoms with E-state index in [4.69, 9.17) is 5.73 Å². The summed E-state index contributed by atoms with van der Waals surface area (Å²) in [5.41, 5.74) is 6.62. The molecule has 0 bridgehead atoms. The molecule has 0 saturated carbocycles. The minimum absolute atomic E-state index is 0.667. The molecule has 1 aromatic rings. The van der Waals surface area contributed by atoms with Crippen molar-refractivity contribution in [3.8, 4) is 0 Å². The smallest absolute Gasteiger partial charge is 0.0997 e. The van der Waals surface area contributed by atoms with E-state index in [9.17, 15) is 0 Å². The van der Waals surface area contributed by atoms with Crippen LogP contribution in [-0.4, -0.2) is 5.84 Å². The van der Waals surface area contributed by atoms with Crippen molar-refractivity contribution in [1.29, 1.82) is 0 Å². The molecule has 0 atom stereocenters. The number of amidine groups is 1. The van der Waals surface area contributed by atoms with E-state index in [-0.39, 0.29) is 0 Å². The van der Waals surface area contributed by atoms with Gasteiger partial charge in [0.15, 0.2) is 0 Å². The normalized spacial score (nSPS) is 11.8. The third-order valence-electron chi connectivity index (χ3n) is 1.70. The Bertz CT molecular complexity index is 328. The first-order valence-corrected chi connectivity index (χ1v) is 6.00. The van der Waals surface area contributed by atoms with Crippen LogP contribution in [0.1, 0.15) is 19.8 Å². The van der Waals surface area contributed by atoms with E-state index in [1.54, 1.807) is 0 Å². The lowest BCUT2D eigenvalue weighted by atomic mass is 10.3. The van der Waals surface area contributed by atoms with Crippen LogP contribution in [0.5, 0.6) is 0 Å². The van der Waals surface area contributed by atoms with Gasteiger partial charge in [-0.1, -0.05) is 13.0 Å². The first kappa shape index (κ1) is 11.7. The van der Waals surface area contributed by atoms with Crippen LogP contribution in [0, 0.1) is 0 Å². The van der Waals surface area contributed by atoms with E-state index in [0.717, 1.165) is 27.5 Å². The molecule has 0 saturated heterocycles. The Morgan fingerprint density at radius 3 is 2.43 bits per heavy atom. The van der Waals surface area contributed by atoms with Gasteiger partial charge in [0.05, 0.1) is 11.5 Å². The van der Waals surface area contributed by atoms with Gasteiger partial charge < -0.3 is 5.73 Å². The van der Waals surface area contributed by atoms with Crippen LogP contribution in [0.15, 0.2) is 32.1 Å². The maximum Gasteiger partial charge on any atom is 0.0997 e. The molecule has 76 valence electrons. The van der Waals surface area contributed by atoms with Crippen LogP contribution >= 0.6 is 31.9 Å². The minimum Gasteiger partial charge on any atom is -0.387 e. The molecule has 0 aliphatic rings. The molecule has 0 aliphatic carbocycles. The average molecular weight is 320 g/mol. The quantitative estimate of drug-likeness (QED) is 0.663. The van der Waals surface area contributed by atoms with Crippen LogP contribution in [0.25, 0.3) is 0 Å². The molecule has 4 heteroatoms. The van der Waals surface area contributed by atoms with Gasteiger partial charge in [0.2, 0.25) is 0 Å². The Kier molecular flexibility index (Phi) is 4.62. The molecule has 2 N–H and O–H groups in total. The molecule has 0 heterocycles. The molecule has 0 aromatic heterocycles. The van der Waals surface area contributed by atoms with Crippen LogP contribution < -0.4 is 5.73 Å². The van der Waals surface area contributed by atoms with E-state index < -0.39 is 0 Å². The molecule has 2 nitrogen and oxygen atoms in total. The maximum absolute atomic E-state index is 5.76. The Hall–Kier alpha value is -0.350. The topological polar surface area (TPSA) is 38.4 Å². The van der Waals surface area contributed by atoms with Crippen molar-refractivity contribution >= 4 is 43.4 Å². The predicted molar refractivity (Wildman–Crippen MR) is 68.0 cm³/mol. The second-order valence-corrected chi connectivity index (χ2v) is 4.63. The Labute approximate surface area is 101 Å². The molecule has 0 spiro atoms. The zero-order valence-corrected chi connectivity index (χ0v) is 11.1. The number of hydrogen-bond donors (Lipinski definition) is 1. The molecule has 0 unspecified atom stereocenters. The second kappa shape index (κ2) is 5.51. The van der Waals surface area contributed by atoms with E-state index in [1.807, 2.05) is 18.2 Å². The van der Waals surface area contributed by atoms with Gasteiger partial charge in [-0.05, 0) is 50.4 Å². The lowest BCUT2D eigenvalue weighted by Crippen LogP contribution is -2.10. The van der Waals surface area contributed by atoms with Gasteiger partial charge in [-0.25, -0.2) is 4.99 Å². The molecule has 14 heavy (non-hydrogen) atoms. The largest absolute Gasteiger partial charge is 0.387 e. The summed E-state index contributed by atoms with van der Waals surface area (Å²) in [4.78, 5) is 4.35. The number of rotatable bonds is 3. The molecule has 0 aliphatic heterocycles. The summed E-state index contributed by atoms with van der Waals surface area (Å²) in [7, 11) is 0. The number of nitrogens with two attached hydrogens (primary N) is 1. The van der Waals surface area contributed by atoms with Gasteiger partial charge in [-0.2, -0.15) is 0 Å². The van der Waals surface area contributed by atoms with Crippen molar-refractivity contribution in [2.75, 3.05) is 0 Å². The van der Waals surface area contributed by atoms with Crippen molar-refractivity contribution in [2.45, 2.75) is 19.8 Å². The highest BCUT2D eigenvalue weighted by molar-refractivity contribution is 9.11. The SMILES string of the molecule is CCCC(N)=Nc1c(Br)cccc1Br. The minimum atomic E-state index is 0.667. The highest BCUT2D eigenvalue weighted by Crippen LogP contribution is 2.33.